The van der Waals surface area contributed by atoms with Gasteiger partial charge in [-0.3, -0.25) is 4.79 Å². The lowest BCUT2D eigenvalue weighted by Crippen LogP contribution is -2.27. The molecule has 5 nitrogen and oxygen atoms in total. The van der Waals surface area contributed by atoms with Crippen LogP contribution in [0.4, 0.5) is 10.8 Å². The highest BCUT2D eigenvalue weighted by Crippen LogP contribution is 2.49. The number of rotatable bonds is 6. The van der Waals surface area contributed by atoms with E-state index in [1.807, 2.05) is 48.5 Å². The predicted molar refractivity (Wildman–Crippen MR) is 110 cm³/mol. The second-order valence-corrected chi connectivity index (χ2v) is 8.76. The van der Waals surface area contributed by atoms with Crippen molar-refractivity contribution < 1.29 is 9.53 Å². The largest absolute Gasteiger partial charge is 0.497 e. The Morgan fingerprint density at radius 3 is 2.63 bits per heavy atom. The Morgan fingerprint density at radius 1 is 1.22 bits per heavy atom. The van der Waals surface area contributed by atoms with E-state index in [9.17, 15) is 4.79 Å². The zero-order valence-electron chi connectivity index (χ0n) is 14.8. The van der Waals surface area contributed by atoms with Gasteiger partial charge in [-0.25, -0.2) is 4.98 Å². The molecule has 0 saturated heterocycles. The van der Waals surface area contributed by atoms with Gasteiger partial charge in [-0.2, -0.15) is 0 Å². The fraction of sp³-hybridized carbons (Fsp3) is 0.200. The van der Waals surface area contributed by atoms with Gasteiger partial charge < -0.3 is 15.8 Å². The Balaban J connectivity index is 1.45. The first-order valence-corrected chi connectivity index (χ1v) is 10.2. The Kier molecular flexibility index (Phi) is 4.80. The molecule has 1 heterocycles. The summed E-state index contributed by atoms with van der Waals surface area (Å²) in [6.45, 7) is 0. The summed E-state index contributed by atoms with van der Waals surface area (Å²) in [7, 11) is 1.63. The Bertz CT molecular complexity index is 965. The van der Waals surface area contributed by atoms with E-state index in [1.54, 1.807) is 25.1 Å². The van der Waals surface area contributed by atoms with Crippen molar-refractivity contribution in [3.05, 3.63) is 60.3 Å². The van der Waals surface area contributed by atoms with Crippen molar-refractivity contribution in [2.24, 2.45) is 0 Å². The molecular weight excluding hydrogens is 378 g/mol. The van der Waals surface area contributed by atoms with Gasteiger partial charge in [0.15, 0.2) is 5.13 Å². The lowest BCUT2D eigenvalue weighted by atomic mass is 9.95. The van der Waals surface area contributed by atoms with Gasteiger partial charge in [0.1, 0.15) is 5.75 Å². The van der Waals surface area contributed by atoms with Crippen LogP contribution in [0.25, 0.3) is 0 Å². The average Bonchev–Trinajstić information content (AvgIpc) is 3.39. The number of nitrogens with two attached hydrogens (primary N) is 1. The smallest absolute Gasteiger partial charge is 0.236 e. The molecule has 0 atom stereocenters. The molecule has 4 rings (SSSR count). The molecule has 3 aromatic rings. The molecule has 1 amide bonds. The van der Waals surface area contributed by atoms with Gasteiger partial charge in [0.25, 0.3) is 0 Å². The number of ether oxygens (including phenoxy) is 1. The molecule has 3 N–H and O–H groups in total. The number of aromatic nitrogens is 1. The predicted octanol–water partition coefficient (Wildman–Crippen LogP) is 4.56. The van der Waals surface area contributed by atoms with Gasteiger partial charge in [0, 0.05) is 10.6 Å². The van der Waals surface area contributed by atoms with Gasteiger partial charge in [0.05, 0.1) is 22.9 Å². The maximum atomic E-state index is 12.9. The van der Waals surface area contributed by atoms with Crippen LogP contribution in [0.1, 0.15) is 18.4 Å². The first-order chi connectivity index (χ1) is 13.1. The summed E-state index contributed by atoms with van der Waals surface area (Å²) in [5, 5.41) is 3.59. The maximum absolute atomic E-state index is 12.9. The van der Waals surface area contributed by atoms with Crippen molar-refractivity contribution in [3.63, 3.8) is 0 Å². The SMILES string of the molecule is COc1ccc(C2(C(=O)Nc3ncc(Sc4ccccc4N)s3)CC2)cc1. The minimum atomic E-state index is -0.449. The van der Waals surface area contributed by atoms with Crippen LogP contribution in [0.15, 0.2) is 63.8 Å². The molecule has 7 heteroatoms. The summed E-state index contributed by atoms with van der Waals surface area (Å²) in [6, 6.07) is 15.4. The van der Waals surface area contributed by atoms with Crippen LogP contribution >= 0.6 is 23.1 Å². The normalized spacial score (nSPS) is 14.6. The Morgan fingerprint density at radius 2 is 1.96 bits per heavy atom. The van der Waals surface area contributed by atoms with Crippen LogP contribution in [0.3, 0.4) is 0 Å². The molecule has 0 aliphatic heterocycles. The van der Waals surface area contributed by atoms with Crippen LogP contribution in [0, 0.1) is 0 Å². The number of amides is 1. The first kappa shape index (κ1) is 17.9. The summed E-state index contributed by atoms with van der Waals surface area (Å²) in [4.78, 5) is 18.2. The monoisotopic (exact) mass is 397 g/mol. The molecule has 2 aromatic carbocycles. The fourth-order valence-corrected chi connectivity index (χ4v) is 4.82. The van der Waals surface area contributed by atoms with E-state index in [0.717, 1.165) is 38.9 Å². The van der Waals surface area contributed by atoms with Crippen molar-refractivity contribution in [1.29, 1.82) is 0 Å². The van der Waals surface area contributed by atoms with Crippen molar-refractivity contribution in [2.75, 3.05) is 18.2 Å². The highest BCUT2D eigenvalue weighted by molar-refractivity contribution is 8.01. The van der Waals surface area contributed by atoms with Gasteiger partial charge >= 0.3 is 0 Å². The number of hydrogen-bond donors (Lipinski definition) is 2. The number of carbonyl (C=O) groups excluding carboxylic acids is 1. The molecule has 1 aromatic heterocycles. The first-order valence-electron chi connectivity index (χ1n) is 8.55. The van der Waals surface area contributed by atoms with Crippen LogP contribution in [0.2, 0.25) is 0 Å². The van der Waals surface area contributed by atoms with Crippen LogP contribution in [0.5, 0.6) is 5.75 Å². The molecule has 27 heavy (non-hydrogen) atoms. The summed E-state index contributed by atoms with van der Waals surface area (Å²) < 4.78 is 6.18. The van der Waals surface area contributed by atoms with E-state index in [0.29, 0.717) is 5.13 Å². The number of para-hydroxylation sites is 1. The topological polar surface area (TPSA) is 77.2 Å². The Labute approximate surface area is 166 Å². The maximum Gasteiger partial charge on any atom is 0.236 e. The van der Waals surface area contributed by atoms with Gasteiger partial charge in [-0.1, -0.05) is 47.4 Å². The molecule has 1 aliphatic carbocycles. The minimum absolute atomic E-state index is 0.00204. The average molecular weight is 398 g/mol. The molecule has 0 unspecified atom stereocenters. The van der Waals surface area contributed by atoms with Gasteiger partial charge in [-0.05, 0) is 42.7 Å². The molecule has 0 radical (unpaired) electrons. The van der Waals surface area contributed by atoms with Gasteiger partial charge in [-0.15, -0.1) is 0 Å². The van der Waals surface area contributed by atoms with Crippen molar-refractivity contribution >= 4 is 39.8 Å². The number of nitrogens with one attached hydrogen (secondary N) is 1. The standard InChI is InChI=1S/C20H19N3O2S2/c1-25-14-8-6-13(7-9-14)20(10-11-20)18(24)23-19-22-12-17(27-19)26-16-5-3-2-4-15(16)21/h2-9,12H,10-11,21H2,1H3,(H,22,23,24). The summed E-state index contributed by atoms with van der Waals surface area (Å²) >= 11 is 3.01. The summed E-state index contributed by atoms with van der Waals surface area (Å²) in [6.07, 6.45) is 3.46. The zero-order chi connectivity index (χ0) is 18.9. The molecule has 0 spiro atoms. The lowest BCUT2D eigenvalue weighted by molar-refractivity contribution is -0.118. The number of carbonyl (C=O) groups is 1. The third-order valence-corrected chi connectivity index (χ3v) is 6.77. The highest BCUT2D eigenvalue weighted by Gasteiger charge is 2.51. The van der Waals surface area contributed by atoms with E-state index < -0.39 is 5.41 Å². The fourth-order valence-electron chi connectivity index (χ4n) is 2.94. The molecule has 0 bridgehead atoms. The van der Waals surface area contributed by atoms with Crippen molar-refractivity contribution in [2.45, 2.75) is 27.4 Å². The van der Waals surface area contributed by atoms with Crippen LogP contribution < -0.4 is 15.8 Å². The third-order valence-electron chi connectivity index (χ3n) is 4.66. The molecular formula is C20H19N3O2S2. The molecule has 1 fully saturated rings. The lowest BCUT2D eigenvalue weighted by Gasteiger charge is -2.15. The number of nitrogens with zero attached hydrogens (tertiary/aromatic N) is 1. The van der Waals surface area contributed by atoms with Crippen LogP contribution in [-0.2, 0) is 10.2 Å². The number of thiazole rings is 1. The number of hydrogen-bond acceptors (Lipinski definition) is 6. The highest BCUT2D eigenvalue weighted by atomic mass is 32.2. The second kappa shape index (κ2) is 7.25. The quantitative estimate of drug-likeness (QED) is 0.597. The Hall–Kier alpha value is -2.51. The number of methoxy groups -OCH3 is 1. The van der Waals surface area contributed by atoms with E-state index in [1.165, 1.54) is 11.3 Å². The number of nitrogen functional groups attached to an aromatic ring is 1. The van der Waals surface area contributed by atoms with Gasteiger partial charge in [0.2, 0.25) is 5.91 Å². The minimum Gasteiger partial charge on any atom is -0.497 e. The van der Waals surface area contributed by atoms with E-state index >= 15 is 0 Å². The zero-order valence-corrected chi connectivity index (χ0v) is 16.4. The van der Waals surface area contributed by atoms with E-state index in [-0.39, 0.29) is 5.91 Å². The number of benzene rings is 2. The second-order valence-electron chi connectivity index (χ2n) is 6.39. The van der Waals surface area contributed by atoms with Crippen LogP contribution in [-0.4, -0.2) is 18.0 Å². The molecule has 138 valence electrons. The molecule has 1 aliphatic rings. The van der Waals surface area contributed by atoms with Crippen molar-refractivity contribution in [3.8, 4) is 5.75 Å². The summed E-state index contributed by atoms with van der Waals surface area (Å²) in [5.41, 5.74) is 7.29. The van der Waals surface area contributed by atoms with E-state index in [2.05, 4.69) is 10.3 Å². The molecule has 1 saturated carbocycles. The van der Waals surface area contributed by atoms with Crippen molar-refractivity contribution in [1.82, 2.24) is 4.98 Å². The third kappa shape index (κ3) is 3.65. The van der Waals surface area contributed by atoms with E-state index in [4.69, 9.17) is 10.5 Å². The summed E-state index contributed by atoms with van der Waals surface area (Å²) in [5.74, 6) is 0.787. The number of anilines is 2.